The van der Waals surface area contributed by atoms with E-state index < -0.39 is 0 Å². The second kappa shape index (κ2) is 6.88. The van der Waals surface area contributed by atoms with Crippen LogP contribution < -0.4 is 10.2 Å². The molecule has 0 saturated carbocycles. The Morgan fingerprint density at radius 2 is 2.20 bits per heavy atom. The number of hydrogen-bond acceptors (Lipinski definition) is 5. The molecule has 0 bridgehead atoms. The van der Waals surface area contributed by atoms with Crippen LogP contribution in [0.4, 0.5) is 11.8 Å². The van der Waals surface area contributed by atoms with Crippen LogP contribution in [0.1, 0.15) is 20.3 Å². The molecule has 20 heavy (non-hydrogen) atoms. The Morgan fingerprint density at radius 1 is 1.40 bits per heavy atom. The molecule has 7 heteroatoms. The van der Waals surface area contributed by atoms with Crippen molar-refractivity contribution in [1.82, 2.24) is 14.9 Å². The van der Waals surface area contributed by atoms with E-state index in [2.05, 4.69) is 36.1 Å². The molecule has 0 spiro atoms. The van der Waals surface area contributed by atoms with Gasteiger partial charge in [0.05, 0.1) is 4.47 Å². The summed E-state index contributed by atoms with van der Waals surface area (Å²) in [5.74, 6) is 1.67. The number of aromatic nitrogens is 2. The number of anilines is 2. The van der Waals surface area contributed by atoms with Gasteiger partial charge in [0.15, 0.2) is 0 Å². The van der Waals surface area contributed by atoms with E-state index >= 15 is 0 Å². The maximum absolute atomic E-state index is 11.5. The maximum atomic E-state index is 11.5. The summed E-state index contributed by atoms with van der Waals surface area (Å²) in [5, 5.41) is 3.12. The Kier molecular flexibility index (Phi) is 5.17. The monoisotopic (exact) mass is 341 g/mol. The van der Waals surface area contributed by atoms with E-state index in [9.17, 15) is 4.79 Å². The third kappa shape index (κ3) is 3.59. The molecule has 110 valence electrons. The Bertz CT molecular complexity index is 482. The fourth-order valence-corrected chi connectivity index (χ4v) is 2.71. The first-order valence-corrected chi connectivity index (χ1v) is 7.68. The average Bonchev–Trinajstić information content (AvgIpc) is 2.67. The van der Waals surface area contributed by atoms with Crippen molar-refractivity contribution >= 4 is 33.6 Å². The minimum absolute atomic E-state index is 0.141. The highest BCUT2D eigenvalue weighted by Crippen LogP contribution is 2.25. The van der Waals surface area contributed by atoms with Crippen LogP contribution in [0.2, 0.25) is 0 Å². The van der Waals surface area contributed by atoms with Crippen LogP contribution in [-0.2, 0) is 4.79 Å². The van der Waals surface area contributed by atoms with Gasteiger partial charge in [0.25, 0.3) is 0 Å². The minimum Gasteiger partial charge on any atom is -0.354 e. The fraction of sp³-hybridized carbons (Fsp3) is 0.615. The van der Waals surface area contributed by atoms with Gasteiger partial charge < -0.3 is 15.1 Å². The van der Waals surface area contributed by atoms with E-state index in [0.29, 0.717) is 5.95 Å². The van der Waals surface area contributed by atoms with Crippen molar-refractivity contribution in [2.45, 2.75) is 20.3 Å². The highest BCUT2D eigenvalue weighted by Gasteiger charge is 2.19. The van der Waals surface area contributed by atoms with Crippen molar-refractivity contribution in [1.29, 1.82) is 0 Å². The first-order valence-electron chi connectivity index (χ1n) is 6.88. The number of carbonyl (C=O) groups is 1. The molecule has 0 aromatic carbocycles. The van der Waals surface area contributed by atoms with E-state index in [-0.39, 0.29) is 5.91 Å². The first kappa shape index (κ1) is 15.0. The van der Waals surface area contributed by atoms with E-state index in [1.54, 1.807) is 13.1 Å². The quantitative estimate of drug-likeness (QED) is 0.907. The predicted molar refractivity (Wildman–Crippen MR) is 83.0 cm³/mol. The smallest absolute Gasteiger partial charge is 0.224 e. The molecule has 0 radical (unpaired) electrons. The summed E-state index contributed by atoms with van der Waals surface area (Å²) in [5.41, 5.74) is 0. The van der Waals surface area contributed by atoms with E-state index in [0.717, 1.165) is 49.4 Å². The molecule has 0 aliphatic carbocycles. The van der Waals surface area contributed by atoms with Gasteiger partial charge >= 0.3 is 0 Å². The lowest BCUT2D eigenvalue weighted by molar-refractivity contribution is -0.128. The lowest BCUT2D eigenvalue weighted by atomic mass is 10.3. The number of nitrogens with one attached hydrogen (secondary N) is 1. The largest absolute Gasteiger partial charge is 0.354 e. The summed E-state index contributed by atoms with van der Waals surface area (Å²) in [6, 6.07) is 0. The topological polar surface area (TPSA) is 61.4 Å². The second-order valence-corrected chi connectivity index (χ2v) is 5.60. The Morgan fingerprint density at radius 3 is 2.90 bits per heavy atom. The number of rotatable bonds is 3. The van der Waals surface area contributed by atoms with Crippen LogP contribution in [0, 0.1) is 0 Å². The standard InChI is InChI=1S/C13H20BrN5O/c1-3-15-13-16-9-11(14)12(17-13)19-6-4-5-18(7-8-19)10(2)20/h9H,3-8H2,1-2H3,(H,15,16,17). The minimum atomic E-state index is 0.141. The van der Waals surface area contributed by atoms with E-state index in [1.165, 1.54) is 0 Å². The van der Waals surface area contributed by atoms with Crippen molar-refractivity contribution in [3.05, 3.63) is 10.7 Å². The summed E-state index contributed by atoms with van der Waals surface area (Å²) in [4.78, 5) is 24.3. The van der Waals surface area contributed by atoms with E-state index in [4.69, 9.17) is 0 Å². The van der Waals surface area contributed by atoms with Crippen LogP contribution in [0.5, 0.6) is 0 Å². The third-order valence-corrected chi connectivity index (χ3v) is 3.86. The van der Waals surface area contributed by atoms with E-state index in [1.807, 2.05) is 11.8 Å². The molecule has 1 N–H and O–H groups in total. The maximum Gasteiger partial charge on any atom is 0.224 e. The normalized spacial score (nSPS) is 15.9. The number of amides is 1. The van der Waals surface area contributed by atoms with Gasteiger partial charge in [-0.25, -0.2) is 4.98 Å². The van der Waals surface area contributed by atoms with Crippen LogP contribution in [0.3, 0.4) is 0 Å². The van der Waals surface area contributed by atoms with Crippen LogP contribution in [0.25, 0.3) is 0 Å². The molecule has 6 nitrogen and oxygen atoms in total. The molecule has 1 aliphatic heterocycles. The zero-order valence-corrected chi connectivity index (χ0v) is 13.5. The molecule has 1 aromatic heterocycles. The number of nitrogens with zero attached hydrogens (tertiary/aromatic N) is 4. The Hall–Kier alpha value is -1.37. The molecule has 0 unspecified atom stereocenters. The molecule has 2 heterocycles. The summed E-state index contributed by atoms with van der Waals surface area (Å²) >= 11 is 3.51. The second-order valence-electron chi connectivity index (χ2n) is 4.74. The van der Waals surface area contributed by atoms with Crippen LogP contribution >= 0.6 is 15.9 Å². The van der Waals surface area contributed by atoms with Crippen molar-refractivity contribution in [3.8, 4) is 0 Å². The SMILES string of the molecule is CCNc1ncc(Br)c(N2CCCN(C(C)=O)CC2)n1. The molecule has 1 aliphatic rings. The Balaban J connectivity index is 2.14. The number of halogens is 1. The van der Waals surface area contributed by atoms with Gasteiger partial charge in [0.1, 0.15) is 5.82 Å². The third-order valence-electron chi connectivity index (χ3n) is 3.30. The van der Waals surface area contributed by atoms with Crippen molar-refractivity contribution in [2.24, 2.45) is 0 Å². The summed E-state index contributed by atoms with van der Waals surface area (Å²) in [6.07, 6.45) is 2.72. The van der Waals surface area contributed by atoms with Gasteiger partial charge in [0.2, 0.25) is 11.9 Å². The number of carbonyl (C=O) groups excluding carboxylic acids is 1. The summed E-state index contributed by atoms with van der Waals surface area (Å²) in [7, 11) is 0. The van der Waals surface area contributed by atoms with Crippen LogP contribution in [-0.4, -0.2) is 53.5 Å². The lowest BCUT2D eigenvalue weighted by Crippen LogP contribution is -2.34. The molecule has 1 fully saturated rings. The predicted octanol–water partition coefficient (Wildman–Crippen LogP) is 1.73. The fourth-order valence-electron chi connectivity index (χ4n) is 2.27. The molecule has 1 saturated heterocycles. The zero-order chi connectivity index (χ0) is 14.5. The van der Waals surface area contributed by atoms with Crippen molar-refractivity contribution in [3.63, 3.8) is 0 Å². The van der Waals surface area contributed by atoms with Gasteiger partial charge in [-0.3, -0.25) is 4.79 Å². The molecular formula is C13H20BrN5O. The highest BCUT2D eigenvalue weighted by molar-refractivity contribution is 9.10. The van der Waals surface area contributed by atoms with Crippen molar-refractivity contribution in [2.75, 3.05) is 42.9 Å². The molecular weight excluding hydrogens is 322 g/mol. The van der Waals surface area contributed by atoms with Gasteiger partial charge in [-0.05, 0) is 29.3 Å². The zero-order valence-electron chi connectivity index (χ0n) is 11.9. The van der Waals surface area contributed by atoms with Crippen molar-refractivity contribution < 1.29 is 4.79 Å². The van der Waals surface area contributed by atoms with Gasteiger partial charge in [0, 0.05) is 45.8 Å². The molecule has 0 atom stereocenters. The average molecular weight is 342 g/mol. The Labute approximate surface area is 127 Å². The van der Waals surface area contributed by atoms with Gasteiger partial charge in [-0.1, -0.05) is 0 Å². The van der Waals surface area contributed by atoms with Crippen LogP contribution in [0.15, 0.2) is 10.7 Å². The molecule has 1 aromatic rings. The molecule has 2 rings (SSSR count). The lowest BCUT2D eigenvalue weighted by Gasteiger charge is -2.23. The van der Waals surface area contributed by atoms with Gasteiger partial charge in [-0.2, -0.15) is 4.98 Å². The molecule has 1 amide bonds. The summed E-state index contributed by atoms with van der Waals surface area (Å²) in [6.45, 7) is 7.67. The summed E-state index contributed by atoms with van der Waals surface area (Å²) < 4.78 is 0.885. The van der Waals surface area contributed by atoms with Gasteiger partial charge in [-0.15, -0.1) is 0 Å². The highest BCUT2D eigenvalue weighted by atomic mass is 79.9. The first-order chi connectivity index (χ1) is 9.61. The number of hydrogen-bond donors (Lipinski definition) is 1.